The molecule has 2 aromatic rings. The van der Waals surface area contributed by atoms with Crippen LogP contribution in [0, 0.1) is 0 Å². The average molecular weight is 499 g/mol. The molecule has 1 fully saturated rings. The molecule has 0 bridgehead atoms. The van der Waals surface area contributed by atoms with Crippen molar-refractivity contribution in [1.82, 2.24) is 0 Å². The summed E-state index contributed by atoms with van der Waals surface area (Å²) in [7, 11) is 1.50. The van der Waals surface area contributed by atoms with Gasteiger partial charge in [-0.15, -0.1) is 0 Å². The minimum Gasteiger partial charge on any atom is -0.456 e. The molecule has 1 aliphatic rings. The molecular formula is C28H34O8. The van der Waals surface area contributed by atoms with Gasteiger partial charge in [0.15, 0.2) is 5.79 Å². The number of hydrogen-bond donors (Lipinski definition) is 1. The predicted molar refractivity (Wildman–Crippen MR) is 132 cm³/mol. The summed E-state index contributed by atoms with van der Waals surface area (Å²) in [4.78, 5) is 25.4. The zero-order valence-electron chi connectivity index (χ0n) is 21.0. The molecule has 194 valence electrons. The number of hydrogen-bond acceptors (Lipinski definition) is 8. The van der Waals surface area contributed by atoms with Crippen molar-refractivity contribution in [2.24, 2.45) is 0 Å². The van der Waals surface area contributed by atoms with Gasteiger partial charge in [-0.3, -0.25) is 0 Å². The van der Waals surface area contributed by atoms with Gasteiger partial charge in [0, 0.05) is 13.7 Å². The first kappa shape index (κ1) is 27.5. The summed E-state index contributed by atoms with van der Waals surface area (Å²) in [5.41, 5.74) is 0.824. The number of methoxy groups -OCH3 is 1. The van der Waals surface area contributed by atoms with E-state index in [0.29, 0.717) is 17.5 Å². The molecule has 1 unspecified atom stereocenters. The van der Waals surface area contributed by atoms with Gasteiger partial charge in [0.05, 0.1) is 17.2 Å². The van der Waals surface area contributed by atoms with Crippen LogP contribution in [0.4, 0.5) is 0 Å². The van der Waals surface area contributed by atoms with Crippen LogP contribution in [-0.4, -0.2) is 67.1 Å². The maximum atomic E-state index is 12.9. The van der Waals surface area contributed by atoms with Gasteiger partial charge < -0.3 is 28.8 Å². The summed E-state index contributed by atoms with van der Waals surface area (Å²) in [6.07, 6.45) is 0.356. The van der Waals surface area contributed by atoms with Crippen LogP contribution >= 0.6 is 0 Å². The maximum Gasteiger partial charge on any atom is 0.338 e. The first-order chi connectivity index (χ1) is 17.2. The summed E-state index contributed by atoms with van der Waals surface area (Å²) < 4.78 is 29.0. The number of aliphatic hydroxyl groups is 1. The maximum absolute atomic E-state index is 12.9. The van der Waals surface area contributed by atoms with Crippen LogP contribution in [0.3, 0.4) is 0 Å². The summed E-state index contributed by atoms with van der Waals surface area (Å²) >= 11 is 0. The molecule has 0 spiro atoms. The number of aliphatic hydroxyl groups excluding tert-OH is 1. The van der Waals surface area contributed by atoms with E-state index in [4.69, 9.17) is 23.7 Å². The van der Waals surface area contributed by atoms with E-state index >= 15 is 0 Å². The lowest BCUT2D eigenvalue weighted by Gasteiger charge is -2.25. The molecule has 1 heterocycles. The largest absolute Gasteiger partial charge is 0.456 e. The Bertz CT molecular complexity index is 1000. The van der Waals surface area contributed by atoms with E-state index in [9.17, 15) is 14.7 Å². The molecule has 0 aliphatic carbocycles. The molecule has 0 aromatic heterocycles. The average Bonchev–Trinajstić information content (AvgIpc) is 3.18. The van der Waals surface area contributed by atoms with Crippen molar-refractivity contribution in [3.05, 3.63) is 83.9 Å². The lowest BCUT2D eigenvalue weighted by atomic mass is 10.0. The molecular weight excluding hydrogens is 464 g/mol. The Balaban J connectivity index is 1.80. The molecule has 0 radical (unpaired) electrons. The molecule has 5 atom stereocenters. The number of ether oxygens (including phenoxy) is 5. The Morgan fingerprint density at radius 1 is 0.944 bits per heavy atom. The third-order valence-corrected chi connectivity index (χ3v) is 5.74. The lowest BCUT2D eigenvalue weighted by molar-refractivity contribution is -0.153. The Kier molecular flexibility index (Phi) is 9.78. The number of carbonyl (C=O) groups excluding carboxylic acids is 2. The number of esters is 2. The van der Waals surface area contributed by atoms with Crippen molar-refractivity contribution in [2.45, 2.75) is 63.5 Å². The molecule has 8 nitrogen and oxygen atoms in total. The summed E-state index contributed by atoms with van der Waals surface area (Å²) in [6.45, 7) is 5.13. The Morgan fingerprint density at radius 3 is 2.03 bits per heavy atom. The normalized spacial score (nSPS) is 21.6. The van der Waals surface area contributed by atoms with Crippen LogP contribution < -0.4 is 0 Å². The highest BCUT2D eigenvalue weighted by atomic mass is 16.8. The van der Waals surface area contributed by atoms with Gasteiger partial charge in [-0.05, 0) is 57.5 Å². The fourth-order valence-electron chi connectivity index (χ4n) is 4.00. The van der Waals surface area contributed by atoms with E-state index in [1.165, 1.54) is 7.11 Å². The molecule has 8 heteroatoms. The molecule has 36 heavy (non-hydrogen) atoms. The van der Waals surface area contributed by atoms with Crippen LogP contribution in [-0.2, 0) is 23.7 Å². The Morgan fingerprint density at radius 2 is 1.50 bits per heavy atom. The van der Waals surface area contributed by atoms with Crippen molar-refractivity contribution < 1.29 is 38.4 Å². The van der Waals surface area contributed by atoms with Crippen molar-refractivity contribution in [1.29, 1.82) is 0 Å². The number of rotatable bonds is 11. The standard InChI is InChI=1S/C28H34O8/c1-19(33-26(30)20-11-7-5-8-12-20)22(32-4)15-16-23(34-27(31)21-13-9-6-10-14-21)25-24(17-18-29)35-28(2,3)36-25/h5-16,19,22-25,29H,17-18H2,1-4H3/b16-15-/t19-,22+,23?,24-,25+/m0/s1. The summed E-state index contributed by atoms with van der Waals surface area (Å²) in [5.74, 6) is -1.92. The number of benzene rings is 2. The minimum atomic E-state index is -0.922. The second-order valence-corrected chi connectivity index (χ2v) is 8.95. The predicted octanol–water partition coefficient (Wildman–Crippen LogP) is 3.93. The summed E-state index contributed by atoms with van der Waals surface area (Å²) in [5, 5.41) is 9.53. The highest BCUT2D eigenvalue weighted by Crippen LogP contribution is 2.33. The van der Waals surface area contributed by atoms with E-state index in [1.807, 2.05) is 12.1 Å². The van der Waals surface area contributed by atoms with E-state index in [0.717, 1.165) is 0 Å². The second kappa shape index (κ2) is 12.8. The van der Waals surface area contributed by atoms with Gasteiger partial charge in [0.2, 0.25) is 0 Å². The van der Waals surface area contributed by atoms with E-state index in [2.05, 4.69) is 0 Å². The zero-order valence-corrected chi connectivity index (χ0v) is 21.0. The van der Waals surface area contributed by atoms with Crippen LogP contribution in [0.15, 0.2) is 72.8 Å². The van der Waals surface area contributed by atoms with Gasteiger partial charge >= 0.3 is 11.9 Å². The highest BCUT2D eigenvalue weighted by Gasteiger charge is 2.45. The van der Waals surface area contributed by atoms with Crippen molar-refractivity contribution in [3.8, 4) is 0 Å². The highest BCUT2D eigenvalue weighted by molar-refractivity contribution is 5.90. The van der Waals surface area contributed by atoms with Crippen LogP contribution in [0.25, 0.3) is 0 Å². The molecule has 1 saturated heterocycles. The summed E-state index contributed by atoms with van der Waals surface area (Å²) in [6, 6.07) is 17.3. The van der Waals surface area contributed by atoms with Crippen LogP contribution in [0.5, 0.6) is 0 Å². The van der Waals surface area contributed by atoms with Crippen molar-refractivity contribution >= 4 is 11.9 Å². The fraction of sp³-hybridized carbons (Fsp3) is 0.429. The molecule has 0 amide bonds. The van der Waals surface area contributed by atoms with E-state index in [1.54, 1.807) is 81.5 Å². The van der Waals surface area contributed by atoms with Gasteiger partial charge in [0.1, 0.15) is 24.4 Å². The van der Waals surface area contributed by atoms with Gasteiger partial charge in [-0.25, -0.2) is 9.59 Å². The van der Waals surface area contributed by atoms with E-state index in [-0.39, 0.29) is 6.61 Å². The van der Waals surface area contributed by atoms with Crippen molar-refractivity contribution in [3.63, 3.8) is 0 Å². The molecule has 1 N–H and O–H groups in total. The Hall–Kier alpha value is -3.04. The van der Waals surface area contributed by atoms with Crippen LogP contribution in [0.1, 0.15) is 47.9 Å². The smallest absolute Gasteiger partial charge is 0.338 e. The third-order valence-electron chi connectivity index (χ3n) is 5.74. The lowest BCUT2D eigenvalue weighted by Crippen LogP contribution is -2.38. The SMILES string of the molecule is CO[C@H](/C=C\C(OC(=O)c1ccccc1)[C@H]1OC(C)(C)O[C@H]1CCO)[C@H](C)OC(=O)c1ccccc1. The molecule has 1 aliphatic heterocycles. The van der Waals surface area contributed by atoms with E-state index < -0.39 is 48.2 Å². The zero-order chi connectivity index (χ0) is 26.1. The van der Waals surface area contributed by atoms with Gasteiger partial charge in [-0.2, -0.15) is 0 Å². The van der Waals surface area contributed by atoms with Gasteiger partial charge in [0.25, 0.3) is 0 Å². The van der Waals surface area contributed by atoms with Crippen LogP contribution in [0.2, 0.25) is 0 Å². The van der Waals surface area contributed by atoms with Gasteiger partial charge in [-0.1, -0.05) is 42.5 Å². The fourth-order valence-corrected chi connectivity index (χ4v) is 4.00. The first-order valence-corrected chi connectivity index (χ1v) is 11.9. The molecule has 0 saturated carbocycles. The Labute approximate surface area is 211 Å². The second-order valence-electron chi connectivity index (χ2n) is 8.95. The molecule has 3 rings (SSSR count). The molecule has 2 aromatic carbocycles. The quantitative estimate of drug-likeness (QED) is 0.367. The minimum absolute atomic E-state index is 0.114. The van der Waals surface area contributed by atoms with Crippen molar-refractivity contribution in [2.75, 3.05) is 13.7 Å². The monoisotopic (exact) mass is 498 g/mol. The topological polar surface area (TPSA) is 101 Å². The number of carbonyl (C=O) groups is 2. The third kappa shape index (κ3) is 7.48. The first-order valence-electron chi connectivity index (χ1n) is 11.9.